The Labute approximate surface area is 117 Å². The Hall–Kier alpha value is -0.360. The van der Waals surface area contributed by atoms with Crippen LogP contribution in [0.5, 0.6) is 0 Å². The van der Waals surface area contributed by atoms with Crippen molar-refractivity contribution in [2.75, 3.05) is 16.8 Å². The summed E-state index contributed by atoms with van der Waals surface area (Å²) < 4.78 is 25.1. The van der Waals surface area contributed by atoms with Gasteiger partial charge in [-0.3, -0.25) is 0 Å². The van der Waals surface area contributed by atoms with E-state index in [0.717, 1.165) is 30.4 Å². The maximum absolute atomic E-state index is 11.5. The van der Waals surface area contributed by atoms with Crippen molar-refractivity contribution in [3.05, 3.63) is 18.2 Å². The van der Waals surface area contributed by atoms with E-state index >= 15 is 0 Å². The lowest BCUT2D eigenvalue weighted by molar-refractivity contribution is 0.376. The first-order valence-corrected chi connectivity index (χ1v) is 9.18. The molecule has 1 saturated heterocycles. The van der Waals surface area contributed by atoms with Gasteiger partial charge < -0.3 is 4.57 Å². The molecular weight excluding hydrogens is 316 g/mol. The normalized spacial score (nSPS) is 24.2. The zero-order valence-electron chi connectivity index (χ0n) is 10.5. The van der Waals surface area contributed by atoms with E-state index in [1.54, 1.807) is 6.20 Å². The highest BCUT2D eigenvalue weighted by molar-refractivity contribution is 9.09. The minimum atomic E-state index is -2.77. The number of imidazole rings is 1. The molecular formula is C12H19BrN2O2S. The summed E-state index contributed by atoms with van der Waals surface area (Å²) in [6, 6.07) is 0. The van der Waals surface area contributed by atoms with Crippen molar-refractivity contribution in [3.63, 3.8) is 0 Å². The molecule has 1 aliphatic rings. The van der Waals surface area contributed by atoms with Crippen molar-refractivity contribution in [1.29, 1.82) is 0 Å². The molecule has 0 aliphatic carbocycles. The summed E-state index contributed by atoms with van der Waals surface area (Å²) in [6.45, 7) is 0. The first kappa shape index (κ1) is 14.1. The van der Waals surface area contributed by atoms with Gasteiger partial charge in [-0.25, -0.2) is 13.4 Å². The van der Waals surface area contributed by atoms with Crippen LogP contribution in [0, 0.1) is 11.8 Å². The largest absolute Gasteiger partial charge is 0.338 e. The Morgan fingerprint density at radius 2 is 2.39 bits per heavy atom. The van der Waals surface area contributed by atoms with Gasteiger partial charge in [-0.2, -0.15) is 0 Å². The average Bonchev–Trinajstić information content (AvgIpc) is 2.87. The number of alkyl halides is 1. The van der Waals surface area contributed by atoms with Crippen LogP contribution in [0.15, 0.2) is 12.4 Å². The molecule has 4 nitrogen and oxygen atoms in total. The maximum atomic E-state index is 11.5. The Kier molecular flexibility index (Phi) is 4.48. The molecule has 1 aromatic heterocycles. The van der Waals surface area contributed by atoms with Crippen molar-refractivity contribution in [1.82, 2.24) is 9.55 Å². The second kappa shape index (κ2) is 5.74. The quantitative estimate of drug-likeness (QED) is 0.771. The molecule has 1 fully saturated rings. The second-order valence-electron chi connectivity index (χ2n) is 5.07. The molecule has 0 bridgehead atoms. The molecule has 0 radical (unpaired) electrons. The molecule has 2 rings (SSSR count). The van der Waals surface area contributed by atoms with E-state index in [4.69, 9.17) is 0 Å². The predicted octanol–water partition coefficient (Wildman–Crippen LogP) is 1.80. The number of nitrogens with zero attached hydrogens (tertiary/aromatic N) is 2. The number of rotatable bonds is 5. The highest BCUT2D eigenvalue weighted by Crippen LogP contribution is 2.30. The van der Waals surface area contributed by atoms with E-state index in [0.29, 0.717) is 23.3 Å². The van der Waals surface area contributed by atoms with Crippen LogP contribution < -0.4 is 0 Å². The highest BCUT2D eigenvalue weighted by Gasteiger charge is 2.32. The smallest absolute Gasteiger partial charge is 0.150 e. The van der Waals surface area contributed by atoms with Crippen molar-refractivity contribution >= 4 is 25.8 Å². The lowest BCUT2D eigenvalue weighted by Crippen LogP contribution is -2.19. The molecule has 1 aliphatic heterocycles. The minimum Gasteiger partial charge on any atom is -0.338 e. The van der Waals surface area contributed by atoms with Crippen molar-refractivity contribution < 1.29 is 8.42 Å². The monoisotopic (exact) mass is 334 g/mol. The molecule has 2 atom stereocenters. The van der Waals surface area contributed by atoms with E-state index in [1.165, 1.54) is 0 Å². The van der Waals surface area contributed by atoms with Gasteiger partial charge in [0.15, 0.2) is 9.84 Å². The number of aromatic nitrogens is 2. The fourth-order valence-electron chi connectivity index (χ4n) is 2.59. The summed E-state index contributed by atoms with van der Waals surface area (Å²) in [4.78, 5) is 4.31. The lowest BCUT2D eigenvalue weighted by atomic mass is 9.89. The van der Waals surface area contributed by atoms with Gasteiger partial charge in [0.05, 0.1) is 11.5 Å². The Balaban J connectivity index is 1.92. The molecule has 18 heavy (non-hydrogen) atoms. The van der Waals surface area contributed by atoms with E-state index in [9.17, 15) is 8.42 Å². The molecule has 1 aromatic rings. The molecule has 0 N–H and O–H groups in total. The van der Waals surface area contributed by atoms with Crippen LogP contribution >= 0.6 is 15.9 Å². The number of sulfone groups is 1. The van der Waals surface area contributed by atoms with E-state index < -0.39 is 9.84 Å². The SMILES string of the molecule is Cn1ccnc1CCC(CBr)C1CCS(=O)(=O)C1. The minimum absolute atomic E-state index is 0.314. The maximum Gasteiger partial charge on any atom is 0.150 e. The van der Waals surface area contributed by atoms with Gasteiger partial charge >= 0.3 is 0 Å². The van der Waals surface area contributed by atoms with Crippen molar-refractivity contribution in [2.45, 2.75) is 19.3 Å². The van der Waals surface area contributed by atoms with Gasteiger partial charge in [-0.1, -0.05) is 15.9 Å². The fourth-order valence-corrected chi connectivity index (χ4v) is 5.36. The highest BCUT2D eigenvalue weighted by atomic mass is 79.9. The van der Waals surface area contributed by atoms with Crippen LogP contribution in [0.25, 0.3) is 0 Å². The molecule has 0 aromatic carbocycles. The van der Waals surface area contributed by atoms with Crippen LogP contribution in [0.4, 0.5) is 0 Å². The molecule has 6 heteroatoms. The van der Waals surface area contributed by atoms with Gasteiger partial charge in [-0.15, -0.1) is 0 Å². The van der Waals surface area contributed by atoms with Crippen LogP contribution in [0.3, 0.4) is 0 Å². The second-order valence-corrected chi connectivity index (χ2v) is 7.95. The average molecular weight is 335 g/mol. The van der Waals surface area contributed by atoms with Crippen LogP contribution in [0.1, 0.15) is 18.7 Å². The first-order chi connectivity index (χ1) is 8.52. The van der Waals surface area contributed by atoms with Gasteiger partial charge in [0, 0.05) is 31.2 Å². The van der Waals surface area contributed by atoms with Gasteiger partial charge in [-0.05, 0) is 24.7 Å². The summed E-state index contributed by atoms with van der Waals surface area (Å²) in [6.07, 6.45) is 6.47. The molecule has 2 unspecified atom stereocenters. The standard InChI is InChI=1S/C12H19BrN2O2S/c1-15-6-5-14-12(15)3-2-10(8-13)11-4-7-18(16,17)9-11/h5-6,10-11H,2-4,7-9H2,1H3. The summed E-state index contributed by atoms with van der Waals surface area (Å²) >= 11 is 3.52. The van der Waals surface area contributed by atoms with Gasteiger partial charge in [0.25, 0.3) is 0 Å². The van der Waals surface area contributed by atoms with E-state index in [-0.39, 0.29) is 0 Å². The third-order valence-electron chi connectivity index (χ3n) is 3.79. The van der Waals surface area contributed by atoms with E-state index in [1.807, 2.05) is 17.8 Å². The summed E-state index contributed by atoms with van der Waals surface area (Å²) in [7, 11) is -0.781. The number of halogens is 1. The Morgan fingerprint density at radius 1 is 1.61 bits per heavy atom. The van der Waals surface area contributed by atoms with Crippen molar-refractivity contribution in [3.8, 4) is 0 Å². The van der Waals surface area contributed by atoms with Crippen LogP contribution in [-0.2, 0) is 23.3 Å². The zero-order valence-corrected chi connectivity index (χ0v) is 13.0. The fraction of sp³-hybridized carbons (Fsp3) is 0.750. The first-order valence-electron chi connectivity index (χ1n) is 6.24. The van der Waals surface area contributed by atoms with Crippen molar-refractivity contribution in [2.24, 2.45) is 18.9 Å². The lowest BCUT2D eigenvalue weighted by Gasteiger charge is -2.19. The molecule has 0 saturated carbocycles. The third-order valence-corrected chi connectivity index (χ3v) is 6.42. The van der Waals surface area contributed by atoms with Crippen LogP contribution in [0.2, 0.25) is 0 Å². The summed E-state index contributed by atoms with van der Waals surface area (Å²) in [5, 5.41) is 0.873. The topological polar surface area (TPSA) is 52.0 Å². The molecule has 2 heterocycles. The number of hydrogen-bond donors (Lipinski definition) is 0. The summed E-state index contributed by atoms with van der Waals surface area (Å²) in [5.41, 5.74) is 0. The molecule has 0 spiro atoms. The molecule has 0 amide bonds. The zero-order chi connectivity index (χ0) is 13.2. The molecule has 102 valence electrons. The third kappa shape index (κ3) is 3.35. The van der Waals surface area contributed by atoms with Crippen LogP contribution in [-0.4, -0.2) is 34.8 Å². The Morgan fingerprint density at radius 3 is 2.89 bits per heavy atom. The Bertz CT molecular complexity index is 498. The number of hydrogen-bond acceptors (Lipinski definition) is 3. The number of aryl methyl sites for hydroxylation is 2. The predicted molar refractivity (Wildman–Crippen MR) is 75.6 cm³/mol. The van der Waals surface area contributed by atoms with Gasteiger partial charge in [0.2, 0.25) is 0 Å². The summed E-state index contributed by atoms with van der Waals surface area (Å²) in [5.74, 6) is 2.54. The van der Waals surface area contributed by atoms with Gasteiger partial charge in [0.1, 0.15) is 5.82 Å². The van der Waals surface area contributed by atoms with E-state index in [2.05, 4.69) is 20.9 Å².